The number of ether oxygens (including phenoxy) is 1. The molecule has 0 atom stereocenters. The van der Waals surface area contributed by atoms with E-state index < -0.39 is 0 Å². The largest absolute Gasteiger partial charge is 0.372 e. The lowest BCUT2D eigenvalue weighted by atomic mass is 10.1. The molecule has 0 saturated carbocycles. The highest BCUT2D eigenvalue weighted by Crippen LogP contribution is 2.30. The average Bonchev–Trinajstić information content (AvgIpc) is 2.37. The molecule has 110 valence electrons. The average molecular weight is 280 g/mol. The third kappa shape index (κ3) is 3.16. The summed E-state index contributed by atoms with van der Waals surface area (Å²) >= 11 is 0. The summed E-state index contributed by atoms with van der Waals surface area (Å²) in [5.74, 6) is 1.06. The standard InChI is InChI=1S/C13H20N4O3/c1-4-14-11-6-5-10(17(18)19)12(15-11)16-7-8-20-13(2,3)9-16/h5-6H,4,7-9H2,1-3H3,(H,14,15). The molecule has 0 spiro atoms. The Kier molecular flexibility index (Phi) is 4.08. The highest BCUT2D eigenvalue weighted by atomic mass is 16.6. The molecular weight excluding hydrogens is 260 g/mol. The van der Waals surface area contributed by atoms with E-state index in [4.69, 9.17) is 4.74 Å². The van der Waals surface area contributed by atoms with Crippen LogP contribution in [0.3, 0.4) is 0 Å². The molecule has 7 heteroatoms. The van der Waals surface area contributed by atoms with Gasteiger partial charge in [0.15, 0.2) is 0 Å². The Hall–Kier alpha value is -1.89. The second-order valence-corrected chi connectivity index (χ2v) is 5.36. The van der Waals surface area contributed by atoms with E-state index in [1.807, 2.05) is 25.7 Å². The number of nitrogens with one attached hydrogen (secondary N) is 1. The highest BCUT2D eigenvalue weighted by Gasteiger charge is 2.31. The van der Waals surface area contributed by atoms with Gasteiger partial charge in [0.2, 0.25) is 5.82 Å². The van der Waals surface area contributed by atoms with Crippen LogP contribution >= 0.6 is 0 Å². The minimum absolute atomic E-state index is 0.0318. The summed E-state index contributed by atoms with van der Waals surface area (Å²) in [5, 5.41) is 14.3. The van der Waals surface area contributed by atoms with Crippen LogP contribution in [0, 0.1) is 10.1 Å². The minimum atomic E-state index is -0.388. The maximum Gasteiger partial charge on any atom is 0.311 e. The molecular formula is C13H20N4O3. The van der Waals surface area contributed by atoms with Crippen LogP contribution in [-0.4, -0.2) is 41.7 Å². The second-order valence-electron chi connectivity index (χ2n) is 5.36. The molecule has 2 heterocycles. The molecule has 1 aromatic heterocycles. The predicted molar refractivity (Wildman–Crippen MR) is 77.3 cm³/mol. The van der Waals surface area contributed by atoms with Crippen molar-refractivity contribution in [2.24, 2.45) is 0 Å². The molecule has 1 N–H and O–H groups in total. The van der Waals surface area contributed by atoms with Gasteiger partial charge in [-0.1, -0.05) is 0 Å². The SMILES string of the molecule is CCNc1ccc([N+](=O)[O-])c(N2CCOC(C)(C)C2)n1. The highest BCUT2D eigenvalue weighted by molar-refractivity contribution is 5.62. The lowest BCUT2D eigenvalue weighted by Gasteiger charge is -2.38. The van der Waals surface area contributed by atoms with E-state index in [1.165, 1.54) is 6.07 Å². The molecule has 0 aromatic carbocycles. The number of hydrogen-bond acceptors (Lipinski definition) is 6. The summed E-state index contributed by atoms with van der Waals surface area (Å²) in [5.41, 5.74) is -0.300. The van der Waals surface area contributed by atoms with Gasteiger partial charge < -0.3 is 15.0 Å². The minimum Gasteiger partial charge on any atom is -0.372 e. The predicted octanol–water partition coefficient (Wildman–Crippen LogP) is 2.04. The maximum atomic E-state index is 11.2. The van der Waals surface area contributed by atoms with Crippen molar-refractivity contribution >= 4 is 17.3 Å². The van der Waals surface area contributed by atoms with Gasteiger partial charge >= 0.3 is 5.69 Å². The van der Waals surface area contributed by atoms with Crippen molar-refractivity contribution in [3.63, 3.8) is 0 Å². The molecule has 1 saturated heterocycles. The molecule has 0 aliphatic carbocycles. The number of anilines is 2. The molecule has 20 heavy (non-hydrogen) atoms. The molecule has 7 nitrogen and oxygen atoms in total. The lowest BCUT2D eigenvalue weighted by Crippen LogP contribution is -2.48. The van der Waals surface area contributed by atoms with E-state index in [9.17, 15) is 10.1 Å². The number of pyridine rings is 1. The fourth-order valence-electron chi connectivity index (χ4n) is 2.29. The summed E-state index contributed by atoms with van der Waals surface area (Å²) in [6, 6.07) is 3.14. The first-order chi connectivity index (χ1) is 9.43. The Morgan fingerprint density at radius 2 is 2.30 bits per heavy atom. The zero-order valence-corrected chi connectivity index (χ0v) is 12.0. The number of morpholine rings is 1. The van der Waals surface area contributed by atoms with Crippen molar-refractivity contribution in [3.8, 4) is 0 Å². The number of rotatable bonds is 4. The van der Waals surface area contributed by atoms with Gasteiger partial charge in [0.05, 0.1) is 17.1 Å². The van der Waals surface area contributed by atoms with Crippen molar-refractivity contribution in [2.45, 2.75) is 26.4 Å². The first-order valence-electron chi connectivity index (χ1n) is 6.71. The number of hydrogen-bond donors (Lipinski definition) is 1. The molecule has 0 radical (unpaired) electrons. The Morgan fingerprint density at radius 1 is 1.55 bits per heavy atom. The fourth-order valence-corrected chi connectivity index (χ4v) is 2.29. The van der Waals surface area contributed by atoms with Crippen molar-refractivity contribution in [2.75, 3.05) is 36.5 Å². The van der Waals surface area contributed by atoms with Crippen LogP contribution in [0.2, 0.25) is 0 Å². The van der Waals surface area contributed by atoms with Crippen LogP contribution in [-0.2, 0) is 4.74 Å². The summed E-state index contributed by atoms with van der Waals surface area (Å²) in [6.45, 7) is 8.35. The summed E-state index contributed by atoms with van der Waals surface area (Å²) in [6.07, 6.45) is 0. The quantitative estimate of drug-likeness (QED) is 0.671. The second kappa shape index (κ2) is 5.62. The molecule has 1 aliphatic rings. The molecule has 0 unspecified atom stereocenters. The maximum absolute atomic E-state index is 11.2. The summed E-state index contributed by atoms with van der Waals surface area (Å²) in [4.78, 5) is 17.1. The number of nitro groups is 1. The van der Waals surface area contributed by atoms with Gasteiger partial charge in [0.1, 0.15) is 5.82 Å². The third-order valence-corrected chi connectivity index (χ3v) is 3.13. The van der Waals surface area contributed by atoms with Crippen LogP contribution in [0.5, 0.6) is 0 Å². The van der Waals surface area contributed by atoms with E-state index in [0.29, 0.717) is 31.3 Å². The van der Waals surface area contributed by atoms with Crippen molar-refractivity contribution in [1.29, 1.82) is 0 Å². The Morgan fingerprint density at radius 3 is 2.90 bits per heavy atom. The molecule has 1 aliphatic heterocycles. The molecule has 2 rings (SSSR count). The van der Waals surface area contributed by atoms with E-state index in [0.717, 1.165) is 6.54 Å². The Labute approximate surface area is 118 Å². The topological polar surface area (TPSA) is 80.5 Å². The summed E-state index contributed by atoms with van der Waals surface area (Å²) < 4.78 is 5.64. The molecule has 1 fully saturated rings. The van der Waals surface area contributed by atoms with Crippen LogP contribution < -0.4 is 10.2 Å². The Bertz CT molecular complexity index is 504. The first-order valence-corrected chi connectivity index (χ1v) is 6.71. The van der Waals surface area contributed by atoms with Crippen LogP contribution in [0.15, 0.2) is 12.1 Å². The summed E-state index contributed by atoms with van der Waals surface area (Å²) in [7, 11) is 0. The van der Waals surface area contributed by atoms with Gasteiger partial charge in [0, 0.05) is 25.7 Å². The molecule has 0 amide bonds. The third-order valence-electron chi connectivity index (χ3n) is 3.13. The van der Waals surface area contributed by atoms with Crippen LogP contribution in [0.4, 0.5) is 17.3 Å². The van der Waals surface area contributed by atoms with E-state index >= 15 is 0 Å². The van der Waals surface area contributed by atoms with Crippen molar-refractivity contribution in [1.82, 2.24) is 4.98 Å². The molecule has 1 aromatic rings. The van der Waals surface area contributed by atoms with Crippen molar-refractivity contribution < 1.29 is 9.66 Å². The van der Waals surface area contributed by atoms with Crippen molar-refractivity contribution in [3.05, 3.63) is 22.2 Å². The van der Waals surface area contributed by atoms with E-state index in [-0.39, 0.29) is 16.2 Å². The van der Waals surface area contributed by atoms with Gasteiger partial charge in [-0.3, -0.25) is 10.1 Å². The first kappa shape index (κ1) is 14.5. The van der Waals surface area contributed by atoms with E-state index in [1.54, 1.807) is 6.07 Å². The van der Waals surface area contributed by atoms with Gasteiger partial charge in [-0.25, -0.2) is 4.98 Å². The lowest BCUT2D eigenvalue weighted by molar-refractivity contribution is -0.384. The van der Waals surface area contributed by atoms with Gasteiger partial charge in [0.25, 0.3) is 0 Å². The van der Waals surface area contributed by atoms with E-state index in [2.05, 4.69) is 10.3 Å². The zero-order chi connectivity index (χ0) is 14.8. The van der Waals surface area contributed by atoms with Gasteiger partial charge in [-0.2, -0.15) is 0 Å². The number of nitrogens with zero attached hydrogens (tertiary/aromatic N) is 3. The fraction of sp³-hybridized carbons (Fsp3) is 0.615. The smallest absolute Gasteiger partial charge is 0.311 e. The Balaban J connectivity index is 2.36. The zero-order valence-electron chi connectivity index (χ0n) is 12.0. The van der Waals surface area contributed by atoms with Crippen LogP contribution in [0.1, 0.15) is 20.8 Å². The van der Waals surface area contributed by atoms with Gasteiger partial charge in [-0.05, 0) is 26.8 Å². The normalized spacial score (nSPS) is 17.9. The monoisotopic (exact) mass is 280 g/mol. The van der Waals surface area contributed by atoms with Gasteiger partial charge in [-0.15, -0.1) is 0 Å². The molecule has 0 bridgehead atoms. The van der Waals surface area contributed by atoms with Crippen LogP contribution in [0.25, 0.3) is 0 Å². The number of aromatic nitrogens is 1.